The molecule has 0 radical (unpaired) electrons. The molecule has 1 aliphatic rings. The molecule has 3 rings (SSSR count). The fourth-order valence-electron chi connectivity index (χ4n) is 2.99. The molecule has 1 aliphatic heterocycles. The van der Waals surface area contributed by atoms with E-state index in [-0.39, 0.29) is 6.04 Å². The highest BCUT2D eigenvalue weighted by Crippen LogP contribution is 2.27. The number of aromatic nitrogens is 2. The van der Waals surface area contributed by atoms with E-state index in [1.54, 1.807) is 6.20 Å². The SMILES string of the molecule is CC(C)Nc1cccnc1N1CCN(c2ccc[nH]2)C(C=O)C1. The zero-order chi connectivity index (χ0) is 16.2. The molecule has 23 heavy (non-hydrogen) atoms. The maximum Gasteiger partial charge on any atom is 0.152 e. The normalized spacial score (nSPS) is 18.3. The van der Waals surface area contributed by atoms with Gasteiger partial charge in [0.25, 0.3) is 0 Å². The maximum atomic E-state index is 11.6. The quantitative estimate of drug-likeness (QED) is 0.828. The van der Waals surface area contributed by atoms with E-state index in [4.69, 9.17) is 0 Å². The Hall–Kier alpha value is -2.50. The van der Waals surface area contributed by atoms with E-state index in [9.17, 15) is 4.79 Å². The highest BCUT2D eigenvalue weighted by Gasteiger charge is 2.29. The molecule has 1 saturated heterocycles. The third kappa shape index (κ3) is 3.31. The summed E-state index contributed by atoms with van der Waals surface area (Å²) in [5, 5.41) is 3.43. The molecule has 0 bridgehead atoms. The molecule has 2 aromatic heterocycles. The van der Waals surface area contributed by atoms with Crippen LogP contribution in [0.5, 0.6) is 0 Å². The van der Waals surface area contributed by atoms with Gasteiger partial charge in [0.2, 0.25) is 0 Å². The highest BCUT2D eigenvalue weighted by molar-refractivity contribution is 5.71. The number of hydrogen-bond acceptors (Lipinski definition) is 5. The first-order valence-electron chi connectivity index (χ1n) is 8.01. The Morgan fingerprint density at radius 1 is 1.35 bits per heavy atom. The molecule has 0 spiro atoms. The van der Waals surface area contributed by atoms with Crippen LogP contribution in [0, 0.1) is 0 Å². The van der Waals surface area contributed by atoms with Crippen molar-refractivity contribution < 1.29 is 4.79 Å². The molecule has 3 heterocycles. The zero-order valence-corrected chi connectivity index (χ0v) is 13.6. The van der Waals surface area contributed by atoms with Gasteiger partial charge in [0.1, 0.15) is 18.1 Å². The second-order valence-electron chi connectivity index (χ2n) is 6.07. The smallest absolute Gasteiger partial charge is 0.152 e. The van der Waals surface area contributed by atoms with E-state index in [0.717, 1.165) is 36.7 Å². The molecule has 0 saturated carbocycles. The number of H-pyrrole nitrogens is 1. The molecule has 6 heteroatoms. The first-order chi connectivity index (χ1) is 11.2. The van der Waals surface area contributed by atoms with Crippen molar-refractivity contribution in [2.75, 3.05) is 34.8 Å². The zero-order valence-electron chi connectivity index (χ0n) is 13.6. The van der Waals surface area contributed by atoms with Crippen molar-refractivity contribution in [2.45, 2.75) is 25.9 Å². The summed E-state index contributed by atoms with van der Waals surface area (Å²) in [5.74, 6) is 1.91. The third-order valence-electron chi connectivity index (χ3n) is 4.00. The van der Waals surface area contributed by atoms with E-state index in [1.807, 2.05) is 30.5 Å². The number of carbonyl (C=O) groups is 1. The summed E-state index contributed by atoms with van der Waals surface area (Å²) in [6.45, 7) is 6.45. The highest BCUT2D eigenvalue weighted by atomic mass is 16.1. The number of rotatable bonds is 5. The molecular weight excluding hydrogens is 290 g/mol. The molecule has 0 aliphatic carbocycles. The van der Waals surface area contributed by atoms with Crippen molar-refractivity contribution in [3.8, 4) is 0 Å². The lowest BCUT2D eigenvalue weighted by Gasteiger charge is -2.40. The fourth-order valence-corrected chi connectivity index (χ4v) is 2.99. The van der Waals surface area contributed by atoms with Crippen LogP contribution in [0.3, 0.4) is 0 Å². The van der Waals surface area contributed by atoms with Crippen molar-refractivity contribution in [3.63, 3.8) is 0 Å². The Kier molecular flexibility index (Phi) is 4.50. The lowest BCUT2D eigenvalue weighted by atomic mass is 10.1. The van der Waals surface area contributed by atoms with Crippen molar-refractivity contribution in [1.82, 2.24) is 9.97 Å². The molecule has 0 aromatic carbocycles. The van der Waals surface area contributed by atoms with E-state index in [0.29, 0.717) is 12.6 Å². The van der Waals surface area contributed by atoms with Crippen LogP contribution in [0.1, 0.15) is 13.8 Å². The van der Waals surface area contributed by atoms with Crippen molar-refractivity contribution in [2.24, 2.45) is 0 Å². The number of pyridine rings is 1. The second kappa shape index (κ2) is 6.73. The number of aldehydes is 1. The van der Waals surface area contributed by atoms with E-state index in [2.05, 4.69) is 38.9 Å². The van der Waals surface area contributed by atoms with Crippen LogP contribution in [-0.4, -0.2) is 48.0 Å². The van der Waals surface area contributed by atoms with Gasteiger partial charge >= 0.3 is 0 Å². The lowest BCUT2D eigenvalue weighted by Crippen LogP contribution is -2.54. The number of nitrogens with zero attached hydrogens (tertiary/aromatic N) is 3. The number of carbonyl (C=O) groups excluding carboxylic acids is 1. The van der Waals surface area contributed by atoms with Gasteiger partial charge in [-0.25, -0.2) is 4.98 Å². The monoisotopic (exact) mass is 313 g/mol. The van der Waals surface area contributed by atoms with Gasteiger partial charge in [-0.15, -0.1) is 0 Å². The van der Waals surface area contributed by atoms with Crippen LogP contribution < -0.4 is 15.1 Å². The van der Waals surface area contributed by atoms with Crippen LogP contribution in [0.2, 0.25) is 0 Å². The second-order valence-corrected chi connectivity index (χ2v) is 6.07. The predicted molar refractivity (Wildman–Crippen MR) is 93.2 cm³/mol. The van der Waals surface area contributed by atoms with Crippen molar-refractivity contribution in [3.05, 3.63) is 36.7 Å². The largest absolute Gasteiger partial charge is 0.380 e. The van der Waals surface area contributed by atoms with Crippen LogP contribution in [0.4, 0.5) is 17.3 Å². The van der Waals surface area contributed by atoms with Gasteiger partial charge in [0, 0.05) is 38.1 Å². The maximum absolute atomic E-state index is 11.6. The molecule has 2 aromatic rings. The van der Waals surface area contributed by atoms with Gasteiger partial charge in [-0.05, 0) is 38.1 Å². The van der Waals surface area contributed by atoms with Gasteiger partial charge in [-0.1, -0.05) is 0 Å². The summed E-state index contributed by atoms with van der Waals surface area (Å²) in [5.41, 5.74) is 1.01. The van der Waals surface area contributed by atoms with Crippen LogP contribution >= 0.6 is 0 Å². The fraction of sp³-hybridized carbons (Fsp3) is 0.412. The summed E-state index contributed by atoms with van der Waals surface area (Å²) in [4.78, 5) is 23.6. The Morgan fingerprint density at radius 2 is 2.22 bits per heavy atom. The molecule has 122 valence electrons. The van der Waals surface area contributed by atoms with Crippen molar-refractivity contribution in [1.29, 1.82) is 0 Å². The average Bonchev–Trinajstić information content (AvgIpc) is 3.08. The molecular formula is C17H23N5O. The van der Waals surface area contributed by atoms with Gasteiger partial charge < -0.3 is 24.9 Å². The number of anilines is 3. The summed E-state index contributed by atoms with van der Waals surface area (Å²) in [7, 11) is 0. The topological polar surface area (TPSA) is 64.3 Å². The Morgan fingerprint density at radius 3 is 2.91 bits per heavy atom. The molecule has 1 atom stereocenters. The summed E-state index contributed by atoms with van der Waals surface area (Å²) >= 11 is 0. The van der Waals surface area contributed by atoms with Crippen LogP contribution in [0.15, 0.2) is 36.7 Å². The molecule has 6 nitrogen and oxygen atoms in total. The molecule has 1 fully saturated rings. The van der Waals surface area contributed by atoms with Gasteiger partial charge in [-0.2, -0.15) is 0 Å². The standard InChI is InChI=1S/C17H23N5O/c1-13(2)20-15-5-3-8-19-17(15)21-9-10-22(14(11-21)12-23)16-6-4-7-18-16/h3-8,12-14,18,20H,9-11H2,1-2H3. The van der Waals surface area contributed by atoms with Gasteiger partial charge in [-0.3, -0.25) is 0 Å². The number of aromatic amines is 1. The van der Waals surface area contributed by atoms with Crippen molar-refractivity contribution >= 4 is 23.6 Å². The third-order valence-corrected chi connectivity index (χ3v) is 4.00. The predicted octanol–water partition coefficient (Wildman–Crippen LogP) is 2.12. The van der Waals surface area contributed by atoms with Gasteiger partial charge in [0.15, 0.2) is 5.82 Å². The molecule has 0 amide bonds. The first kappa shape index (κ1) is 15.4. The van der Waals surface area contributed by atoms with E-state index < -0.39 is 0 Å². The number of nitrogens with one attached hydrogen (secondary N) is 2. The minimum Gasteiger partial charge on any atom is -0.380 e. The Bertz CT molecular complexity index is 640. The Balaban J connectivity index is 1.80. The van der Waals surface area contributed by atoms with Gasteiger partial charge in [0.05, 0.1) is 5.69 Å². The van der Waals surface area contributed by atoms with Crippen LogP contribution in [-0.2, 0) is 4.79 Å². The van der Waals surface area contributed by atoms with Crippen LogP contribution in [0.25, 0.3) is 0 Å². The minimum absolute atomic E-state index is 0.184. The summed E-state index contributed by atoms with van der Waals surface area (Å²) < 4.78 is 0. The van der Waals surface area contributed by atoms with E-state index in [1.165, 1.54) is 0 Å². The Labute approximate surface area is 136 Å². The summed E-state index contributed by atoms with van der Waals surface area (Å²) in [6.07, 6.45) is 4.70. The number of piperazine rings is 1. The average molecular weight is 313 g/mol. The lowest BCUT2D eigenvalue weighted by molar-refractivity contribution is -0.109. The van der Waals surface area contributed by atoms with E-state index >= 15 is 0 Å². The molecule has 2 N–H and O–H groups in total. The summed E-state index contributed by atoms with van der Waals surface area (Å²) in [6, 6.07) is 8.07. The number of hydrogen-bond donors (Lipinski definition) is 2. The first-order valence-corrected chi connectivity index (χ1v) is 8.01. The minimum atomic E-state index is -0.184. The molecule has 1 unspecified atom stereocenters.